The molecule has 0 radical (unpaired) electrons. The van der Waals surface area contributed by atoms with Crippen molar-refractivity contribution in [3.63, 3.8) is 0 Å². The third-order valence-electron chi connectivity index (χ3n) is 2.89. The van der Waals surface area contributed by atoms with Crippen LogP contribution in [0.5, 0.6) is 0 Å². The van der Waals surface area contributed by atoms with Crippen molar-refractivity contribution in [2.45, 2.75) is 6.42 Å². The largest absolute Gasteiger partial charge is 0.0984 e. The normalized spacial score (nSPS) is 9.88. The summed E-state index contributed by atoms with van der Waals surface area (Å²) in [5.41, 5.74) is 4.94. The molecule has 0 bridgehead atoms. The van der Waals surface area contributed by atoms with Crippen molar-refractivity contribution < 1.29 is 0 Å². The number of hydrogen-bond acceptors (Lipinski definition) is 0. The van der Waals surface area contributed by atoms with E-state index in [1.807, 2.05) is 18.2 Å². The zero-order valence-electron chi connectivity index (χ0n) is 9.89. The fraction of sp³-hybridized carbons (Fsp3) is 0.0588. The summed E-state index contributed by atoms with van der Waals surface area (Å²) >= 11 is 0. The van der Waals surface area contributed by atoms with Crippen molar-refractivity contribution >= 4 is 12.2 Å². The fourth-order valence-corrected chi connectivity index (χ4v) is 2.03. The van der Waals surface area contributed by atoms with Crippen LogP contribution in [0.1, 0.15) is 22.3 Å². The lowest BCUT2D eigenvalue weighted by Crippen LogP contribution is -1.93. The van der Waals surface area contributed by atoms with Gasteiger partial charge < -0.3 is 0 Å². The molecule has 0 saturated heterocycles. The lowest BCUT2D eigenvalue weighted by atomic mass is 9.96. The Morgan fingerprint density at radius 1 is 0.824 bits per heavy atom. The monoisotopic (exact) mass is 220 g/mol. The van der Waals surface area contributed by atoms with Gasteiger partial charge in [0.15, 0.2) is 0 Å². The van der Waals surface area contributed by atoms with Gasteiger partial charge in [-0.25, -0.2) is 0 Å². The van der Waals surface area contributed by atoms with Crippen molar-refractivity contribution in [2.24, 2.45) is 0 Å². The molecule has 2 aromatic carbocycles. The van der Waals surface area contributed by atoms with Crippen LogP contribution in [-0.2, 0) is 6.42 Å². The predicted octanol–water partition coefficient (Wildman–Crippen LogP) is 4.56. The smallest absolute Gasteiger partial charge is 0.00196 e. The maximum atomic E-state index is 3.89. The maximum absolute atomic E-state index is 3.89. The Morgan fingerprint density at radius 3 is 2.24 bits per heavy atom. The summed E-state index contributed by atoms with van der Waals surface area (Å²) in [6.45, 7) is 7.73. The van der Waals surface area contributed by atoms with Crippen molar-refractivity contribution in [1.29, 1.82) is 0 Å². The Labute approximate surface area is 103 Å². The van der Waals surface area contributed by atoms with E-state index in [1.165, 1.54) is 16.7 Å². The topological polar surface area (TPSA) is 0 Å². The lowest BCUT2D eigenvalue weighted by Gasteiger charge is -2.09. The van der Waals surface area contributed by atoms with Gasteiger partial charge in [-0.05, 0) is 28.7 Å². The minimum atomic E-state index is 0.934. The van der Waals surface area contributed by atoms with E-state index in [9.17, 15) is 0 Å². The summed E-state index contributed by atoms with van der Waals surface area (Å²) in [7, 11) is 0. The zero-order valence-corrected chi connectivity index (χ0v) is 9.89. The molecule has 0 spiro atoms. The van der Waals surface area contributed by atoms with Gasteiger partial charge in [0.1, 0.15) is 0 Å². The van der Waals surface area contributed by atoms with Gasteiger partial charge in [-0.3, -0.25) is 0 Å². The molecule has 0 unspecified atom stereocenters. The second kappa shape index (κ2) is 5.31. The molecule has 0 atom stereocenters. The minimum absolute atomic E-state index is 0.934. The van der Waals surface area contributed by atoms with Crippen LogP contribution >= 0.6 is 0 Å². The third-order valence-corrected chi connectivity index (χ3v) is 2.89. The van der Waals surface area contributed by atoms with Gasteiger partial charge in [-0.15, -0.1) is 0 Å². The number of rotatable bonds is 4. The number of hydrogen-bond donors (Lipinski definition) is 0. The van der Waals surface area contributed by atoms with E-state index < -0.39 is 0 Å². The van der Waals surface area contributed by atoms with Gasteiger partial charge in [0.2, 0.25) is 0 Å². The predicted molar refractivity (Wildman–Crippen MR) is 75.9 cm³/mol. The Morgan fingerprint density at radius 2 is 1.59 bits per heavy atom. The highest BCUT2D eigenvalue weighted by atomic mass is 14.1. The molecule has 17 heavy (non-hydrogen) atoms. The standard InChI is InChI=1S/C17H16/c1-3-15-11-8-12-16(17(15)4-2)13-14-9-6-5-7-10-14/h3-12H,1-2,13H2. The highest BCUT2D eigenvalue weighted by Crippen LogP contribution is 2.20. The highest BCUT2D eigenvalue weighted by molar-refractivity contribution is 5.66. The molecule has 0 nitrogen and oxygen atoms in total. The Balaban J connectivity index is 2.39. The molecule has 0 fully saturated rings. The molecule has 0 heterocycles. The summed E-state index contributed by atoms with van der Waals surface area (Å²) in [6.07, 6.45) is 4.73. The van der Waals surface area contributed by atoms with Crippen LogP contribution in [0.4, 0.5) is 0 Å². The first-order chi connectivity index (χ1) is 8.35. The van der Waals surface area contributed by atoms with Crippen LogP contribution in [-0.4, -0.2) is 0 Å². The summed E-state index contributed by atoms with van der Waals surface area (Å²) in [5, 5.41) is 0. The Bertz CT molecular complexity index is 521. The lowest BCUT2D eigenvalue weighted by molar-refractivity contribution is 1.18. The van der Waals surface area contributed by atoms with Gasteiger partial charge in [-0.1, -0.05) is 73.8 Å². The van der Waals surface area contributed by atoms with Gasteiger partial charge in [0.25, 0.3) is 0 Å². The second-order valence-corrected chi connectivity index (χ2v) is 3.99. The number of benzene rings is 2. The SMILES string of the molecule is C=Cc1cccc(Cc2ccccc2)c1C=C. The molecule has 84 valence electrons. The molecule has 0 amide bonds. The second-order valence-electron chi connectivity index (χ2n) is 3.99. The van der Waals surface area contributed by atoms with E-state index in [4.69, 9.17) is 0 Å². The first-order valence-corrected chi connectivity index (χ1v) is 5.76. The Hall–Kier alpha value is -2.08. The van der Waals surface area contributed by atoms with Crippen molar-refractivity contribution in [3.05, 3.63) is 83.9 Å². The van der Waals surface area contributed by atoms with Crippen molar-refractivity contribution in [1.82, 2.24) is 0 Å². The van der Waals surface area contributed by atoms with E-state index in [0.29, 0.717) is 0 Å². The average Bonchev–Trinajstić information content (AvgIpc) is 2.39. The Kier molecular flexibility index (Phi) is 3.56. The molecule has 0 aliphatic rings. The highest BCUT2D eigenvalue weighted by Gasteiger charge is 2.03. The van der Waals surface area contributed by atoms with Crippen LogP contribution in [0.15, 0.2) is 61.7 Å². The fourth-order valence-electron chi connectivity index (χ4n) is 2.03. The zero-order chi connectivity index (χ0) is 12.1. The molecule has 0 heteroatoms. The van der Waals surface area contributed by atoms with Crippen molar-refractivity contribution in [3.8, 4) is 0 Å². The molecule has 0 aliphatic heterocycles. The van der Waals surface area contributed by atoms with Gasteiger partial charge in [0, 0.05) is 0 Å². The van der Waals surface area contributed by atoms with Gasteiger partial charge >= 0.3 is 0 Å². The maximum Gasteiger partial charge on any atom is -0.00196 e. The average molecular weight is 220 g/mol. The van der Waals surface area contributed by atoms with Gasteiger partial charge in [0.05, 0.1) is 0 Å². The molecule has 0 saturated carbocycles. The molecule has 0 aliphatic carbocycles. The first-order valence-electron chi connectivity index (χ1n) is 5.76. The summed E-state index contributed by atoms with van der Waals surface area (Å²) in [6, 6.07) is 16.8. The molecule has 2 rings (SSSR count). The van der Waals surface area contributed by atoms with Crippen LogP contribution in [0.25, 0.3) is 12.2 Å². The minimum Gasteiger partial charge on any atom is -0.0984 e. The van der Waals surface area contributed by atoms with E-state index >= 15 is 0 Å². The summed E-state index contributed by atoms with van der Waals surface area (Å²) in [5.74, 6) is 0. The molecule has 2 aromatic rings. The quantitative estimate of drug-likeness (QED) is 0.708. The summed E-state index contributed by atoms with van der Waals surface area (Å²) in [4.78, 5) is 0. The molecular formula is C17H16. The van der Waals surface area contributed by atoms with E-state index in [1.54, 1.807) is 0 Å². The van der Waals surface area contributed by atoms with E-state index in [0.717, 1.165) is 12.0 Å². The van der Waals surface area contributed by atoms with Crippen LogP contribution in [0.3, 0.4) is 0 Å². The van der Waals surface area contributed by atoms with E-state index in [-0.39, 0.29) is 0 Å². The molecule has 0 aromatic heterocycles. The van der Waals surface area contributed by atoms with Gasteiger partial charge in [-0.2, -0.15) is 0 Å². The van der Waals surface area contributed by atoms with Crippen LogP contribution in [0, 0.1) is 0 Å². The van der Waals surface area contributed by atoms with Crippen LogP contribution < -0.4 is 0 Å². The molecular weight excluding hydrogens is 204 g/mol. The van der Waals surface area contributed by atoms with Crippen LogP contribution in [0.2, 0.25) is 0 Å². The first kappa shape index (κ1) is 11.4. The third kappa shape index (κ3) is 2.54. The van der Waals surface area contributed by atoms with E-state index in [2.05, 4.69) is 55.6 Å². The van der Waals surface area contributed by atoms with Crippen molar-refractivity contribution in [2.75, 3.05) is 0 Å². The summed E-state index contributed by atoms with van der Waals surface area (Å²) < 4.78 is 0. The molecule has 0 N–H and O–H groups in total.